The van der Waals surface area contributed by atoms with E-state index in [-0.39, 0.29) is 11.9 Å². The minimum absolute atomic E-state index is 0.0278. The van der Waals surface area contributed by atoms with Gasteiger partial charge in [-0.05, 0) is 13.0 Å². The maximum Gasteiger partial charge on any atom is 0.251 e. The summed E-state index contributed by atoms with van der Waals surface area (Å²) in [5, 5.41) is 2.90. The van der Waals surface area contributed by atoms with Gasteiger partial charge in [-0.25, -0.2) is 5.84 Å². The van der Waals surface area contributed by atoms with Crippen LogP contribution in [0.15, 0.2) is 0 Å². The number of hydrogen-bond donors (Lipinski definition) is 3. The molecule has 46 valence electrons. The summed E-state index contributed by atoms with van der Waals surface area (Å²) < 4.78 is 0. The van der Waals surface area contributed by atoms with Crippen molar-refractivity contribution in [2.75, 3.05) is 6.54 Å². The van der Waals surface area contributed by atoms with Gasteiger partial charge in [-0.15, -0.1) is 0 Å². The van der Waals surface area contributed by atoms with Gasteiger partial charge in [-0.2, -0.15) is 0 Å². The average Bonchev–Trinajstić information content (AvgIpc) is 1.62. The molecule has 8 heavy (non-hydrogen) atoms. The second kappa shape index (κ2) is 2.11. The topological polar surface area (TPSA) is 67.1 Å². The summed E-state index contributed by atoms with van der Waals surface area (Å²) in [5.41, 5.74) is 2.07. The molecule has 0 aliphatic carbocycles. The lowest BCUT2D eigenvalue weighted by Gasteiger charge is -2.24. The van der Waals surface area contributed by atoms with Crippen LogP contribution < -0.4 is 16.6 Å². The third-order valence-corrected chi connectivity index (χ3v) is 1.28. The third-order valence-electron chi connectivity index (χ3n) is 1.28. The van der Waals surface area contributed by atoms with E-state index < -0.39 is 0 Å². The van der Waals surface area contributed by atoms with Crippen molar-refractivity contribution in [2.24, 2.45) is 5.84 Å². The maximum atomic E-state index is 10.5. The van der Waals surface area contributed by atoms with Gasteiger partial charge in [-0.3, -0.25) is 10.2 Å². The Hall–Kier alpha value is -0.610. The van der Waals surface area contributed by atoms with Gasteiger partial charge >= 0.3 is 0 Å². The Morgan fingerprint density at radius 3 is 2.62 bits per heavy atom. The molecule has 1 unspecified atom stereocenters. The largest absolute Gasteiger partial charge is 0.306 e. The summed E-state index contributed by atoms with van der Waals surface area (Å²) in [6.45, 7) is 0.929. The van der Waals surface area contributed by atoms with Crippen LogP contribution in [0.5, 0.6) is 0 Å². The van der Waals surface area contributed by atoms with Crippen LogP contribution in [0.1, 0.15) is 6.42 Å². The average molecular weight is 115 g/mol. The third kappa shape index (κ3) is 0.801. The van der Waals surface area contributed by atoms with Crippen molar-refractivity contribution >= 4 is 5.91 Å². The molecular weight excluding hydrogens is 106 g/mol. The number of hydrazine groups is 1. The molecule has 0 aromatic heterocycles. The number of rotatable bonds is 1. The molecule has 1 fully saturated rings. The molecule has 0 saturated carbocycles. The molecule has 1 aliphatic rings. The van der Waals surface area contributed by atoms with Crippen LogP contribution in [0.3, 0.4) is 0 Å². The first-order valence-electron chi connectivity index (χ1n) is 2.58. The van der Waals surface area contributed by atoms with Crippen molar-refractivity contribution in [1.29, 1.82) is 0 Å². The van der Waals surface area contributed by atoms with Crippen molar-refractivity contribution in [1.82, 2.24) is 10.7 Å². The molecule has 1 saturated heterocycles. The van der Waals surface area contributed by atoms with E-state index in [0.717, 1.165) is 13.0 Å². The number of nitrogens with two attached hydrogens (primary N) is 1. The van der Waals surface area contributed by atoms with Crippen LogP contribution in [-0.4, -0.2) is 18.5 Å². The van der Waals surface area contributed by atoms with Gasteiger partial charge in [0.05, 0.1) is 6.04 Å². The molecule has 1 amide bonds. The highest BCUT2D eigenvalue weighted by atomic mass is 16.2. The molecule has 0 aromatic carbocycles. The van der Waals surface area contributed by atoms with Gasteiger partial charge < -0.3 is 5.32 Å². The first-order valence-corrected chi connectivity index (χ1v) is 2.58. The lowest BCUT2D eigenvalue weighted by Crippen LogP contribution is -2.54. The van der Waals surface area contributed by atoms with Gasteiger partial charge in [0.25, 0.3) is 5.91 Å². The Morgan fingerprint density at radius 2 is 2.50 bits per heavy atom. The second-order valence-corrected chi connectivity index (χ2v) is 1.80. The molecule has 1 aliphatic heterocycles. The van der Waals surface area contributed by atoms with Crippen molar-refractivity contribution < 1.29 is 4.79 Å². The number of nitrogens with one attached hydrogen (secondary N) is 2. The van der Waals surface area contributed by atoms with Crippen LogP contribution in [0.25, 0.3) is 0 Å². The zero-order valence-corrected chi connectivity index (χ0v) is 4.48. The lowest BCUT2D eigenvalue weighted by molar-refractivity contribution is -0.124. The molecule has 4 N–H and O–H groups in total. The van der Waals surface area contributed by atoms with Gasteiger partial charge in [0.15, 0.2) is 0 Å². The molecule has 1 rings (SSSR count). The molecule has 1 atom stereocenters. The first kappa shape index (κ1) is 5.53. The first-order chi connectivity index (χ1) is 3.84. The number of amides is 1. The maximum absolute atomic E-state index is 10.5. The molecule has 0 spiro atoms. The van der Waals surface area contributed by atoms with Crippen LogP contribution in [0.2, 0.25) is 0 Å². The number of hydrogen-bond acceptors (Lipinski definition) is 3. The number of carbonyl (C=O) groups is 1. The van der Waals surface area contributed by atoms with Gasteiger partial charge in [0, 0.05) is 0 Å². The van der Waals surface area contributed by atoms with Crippen molar-refractivity contribution in [2.45, 2.75) is 12.5 Å². The van der Waals surface area contributed by atoms with Crippen LogP contribution in [0, 0.1) is 0 Å². The SMILES string of the molecule is NNC(=O)C1CCN1. The second-order valence-electron chi connectivity index (χ2n) is 1.80. The lowest BCUT2D eigenvalue weighted by atomic mass is 10.1. The Kier molecular flexibility index (Phi) is 1.45. The van der Waals surface area contributed by atoms with E-state index in [1.165, 1.54) is 0 Å². The molecule has 0 aromatic rings. The fraction of sp³-hybridized carbons (Fsp3) is 0.750. The van der Waals surface area contributed by atoms with Crippen molar-refractivity contribution in [3.63, 3.8) is 0 Å². The predicted octanol–water partition coefficient (Wildman–Crippen LogP) is -1.66. The zero-order chi connectivity index (χ0) is 5.98. The van der Waals surface area contributed by atoms with Gasteiger partial charge in [-0.1, -0.05) is 0 Å². The van der Waals surface area contributed by atoms with E-state index in [1.54, 1.807) is 0 Å². The predicted molar refractivity (Wildman–Crippen MR) is 28.7 cm³/mol. The van der Waals surface area contributed by atoms with Crippen molar-refractivity contribution in [3.8, 4) is 0 Å². The normalized spacial score (nSPS) is 26.4. The van der Waals surface area contributed by atoms with E-state index in [0.29, 0.717) is 0 Å². The zero-order valence-electron chi connectivity index (χ0n) is 4.48. The summed E-state index contributed by atoms with van der Waals surface area (Å²) in [6, 6.07) is -0.0278. The summed E-state index contributed by atoms with van der Waals surface area (Å²) in [4.78, 5) is 10.5. The quantitative estimate of drug-likeness (QED) is 0.218. The standard InChI is InChI=1S/C4H9N3O/c5-7-4(8)3-1-2-6-3/h3,6H,1-2,5H2,(H,7,8). The Balaban J connectivity index is 2.24. The fourth-order valence-electron chi connectivity index (χ4n) is 0.613. The minimum Gasteiger partial charge on any atom is -0.306 e. The summed E-state index contributed by atoms with van der Waals surface area (Å²) in [7, 11) is 0. The number of carbonyl (C=O) groups excluding carboxylic acids is 1. The molecule has 4 nitrogen and oxygen atoms in total. The monoisotopic (exact) mass is 115 g/mol. The van der Waals surface area contributed by atoms with E-state index in [1.807, 2.05) is 0 Å². The van der Waals surface area contributed by atoms with Crippen LogP contribution in [0.4, 0.5) is 0 Å². The summed E-state index contributed by atoms with van der Waals surface area (Å²) in [5.74, 6) is 4.73. The van der Waals surface area contributed by atoms with E-state index in [2.05, 4.69) is 10.7 Å². The Bertz CT molecular complexity index is 99.5. The fourth-order valence-corrected chi connectivity index (χ4v) is 0.613. The van der Waals surface area contributed by atoms with E-state index in [9.17, 15) is 4.79 Å². The Morgan fingerprint density at radius 1 is 1.88 bits per heavy atom. The van der Waals surface area contributed by atoms with E-state index >= 15 is 0 Å². The van der Waals surface area contributed by atoms with Crippen LogP contribution >= 0.6 is 0 Å². The minimum atomic E-state index is -0.115. The smallest absolute Gasteiger partial charge is 0.251 e. The Labute approximate surface area is 47.4 Å². The highest BCUT2D eigenvalue weighted by molar-refractivity contribution is 5.81. The van der Waals surface area contributed by atoms with Gasteiger partial charge in [0.1, 0.15) is 0 Å². The molecule has 1 heterocycles. The van der Waals surface area contributed by atoms with E-state index in [4.69, 9.17) is 5.84 Å². The molecule has 4 heteroatoms. The van der Waals surface area contributed by atoms with Crippen molar-refractivity contribution in [3.05, 3.63) is 0 Å². The highest BCUT2D eigenvalue weighted by Crippen LogP contribution is 1.99. The highest BCUT2D eigenvalue weighted by Gasteiger charge is 2.22. The summed E-state index contributed by atoms with van der Waals surface area (Å²) in [6.07, 6.45) is 0.906. The summed E-state index contributed by atoms with van der Waals surface area (Å²) >= 11 is 0. The van der Waals surface area contributed by atoms with Gasteiger partial charge in [0.2, 0.25) is 0 Å². The molecule has 0 radical (unpaired) electrons. The molecular formula is C4H9N3O. The molecule has 0 bridgehead atoms. The van der Waals surface area contributed by atoms with Crippen LogP contribution in [-0.2, 0) is 4.79 Å².